The van der Waals surface area contributed by atoms with Crippen molar-refractivity contribution < 1.29 is 14.3 Å². The van der Waals surface area contributed by atoms with Gasteiger partial charge in [0.2, 0.25) is 5.91 Å². The molecule has 5 nitrogen and oxygen atoms in total. The molecular weight excluding hydrogens is 312 g/mol. The number of hydrogen-bond acceptors (Lipinski definition) is 5. The number of nitrogens with zero attached hydrogens (tertiary/aromatic N) is 1. The second-order valence-electron chi connectivity index (χ2n) is 5.09. The zero-order valence-electron chi connectivity index (χ0n) is 13.5. The second kappa shape index (κ2) is 9.27. The number of para-hydroxylation sites is 1. The predicted octanol–water partition coefficient (Wildman–Crippen LogP) is 2.73. The highest BCUT2D eigenvalue weighted by molar-refractivity contribution is 7.11. The van der Waals surface area contributed by atoms with Crippen LogP contribution in [0.15, 0.2) is 30.3 Å². The van der Waals surface area contributed by atoms with Crippen LogP contribution in [-0.4, -0.2) is 31.2 Å². The summed E-state index contributed by atoms with van der Waals surface area (Å²) in [6.45, 7) is 3.64. The summed E-state index contributed by atoms with van der Waals surface area (Å²) < 4.78 is 10.6. The number of benzene rings is 1. The molecule has 0 fully saturated rings. The molecule has 1 heterocycles. The standard InChI is InChI=1S/C17H22N2O3S/c1-13-15(11-16(20)18-9-6-10-21-2)23-17(19-13)12-22-14-7-4-3-5-8-14/h3-5,7-8H,6,9-12H2,1-2H3,(H,18,20). The number of rotatable bonds is 9. The molecule has 0 bridgehead atoms. The molecule has 2 aromatic rings. The Morgan fingerprint density at radius 2 is 2.09 bits per heavy atom. The van der Waals surface area contributed by atoms with E-state index in [1.54, 1.807) is 7.11 Å². The van der Waals surface area contributed by atoms with E-state index in [0.717, 1.165) is 27.7 Å². The van der Waals surface area contributed by atoms with Crippen LogP contribution in [-0.2, 0) is 22.6 Å². The molecule has 0 unspecified atom stereocenters. The summed E-state index contributed by atoms with van der Waals surface area (Å²) in [5.74, 6) is 0.834. The van der Waals surface area contributed by atoms with Gasteiger partial charge in [0.25, 0.3) is 0 Å². The van der Waals surface area contributed by atoms with E-state index in [0.29, 0.717) is 26.2 Å². The largest absolute Gasteiger partial charge is 0.486 e. The number of methoxy groups -OCH3 is 1. The van der Waals surface area contributed by atoms with E-state index >= 15 is 0 Å². The molecule has 0 saturated carbocycles. The predicted molar refractivity (Wildman–Crippen MR) is 90.8 cm³/mol. The van der Waals surface area contributed by atoms with Crippen LogP contribution >= 0.6 is 11.3 Å². The Bertz CT molecular complexity index is 614. The molecule has 0 atom stereocenters. The van der Waals surface area contributed by atoms with Crippen molar-refractivity contribution in [1.29, 1.82) is 0 Å². The Morgan fingerprint density at radius 1 is 1.30 bits per heavy atom. The van der Waals surface area contributed by atoms with Gasteiger partial charge in [-0.15, -0.1) is 11.3 Å². The summed E-state index contributed by atoms with van der Waals surface area (Å²) in [5.41, 5.74) is 0.897. The maximum atomic E-state index is 11.9. The number of amides is 1. The molecule has 0 aliphatic carbocycles. The normalized spacial score (nSPS) is 10.5. The van der Waals surface area contributed by atoms with Gasteiger partial charge in [0.1, 0.15) is 17.4 Å². The third-order valence-electron chi connectivity index (χ3n) is 3.21. The van der Waals surface area contributed by atoms with Crippen LogP contribution in [0.5, 0.6) is 5.75 Å². The van der Waals surface area contributed by atoms with E-state index < -0.39 is 0 Å². The smallest absolute Gasteiger partial charge is 0.225 e. The van der Waals surface area contributed by atoms with Gasteiger partial charge in [0, 0.05) is 25.1 Å². The number of thiazole rings is 1. The molecule has 2 rings (SSSR count). The first-order valence-corrected chi connectivity index (χ1v) is 8.39. The maximum absolute atomic E-state index is 11.9. The van der Waals surface area contributed by atoms with Gasteiger partial charge in [-0.2, -0.15) is 0 Å². The van der Waals surface area contributed by atoms with Gasteiger partial charge in [-0.1, -0.05) is 18.2 Å². The Kier molecular flexibility index (Phi) is 7.03. The fourth-order valence-electron chi connectivity index (χ4n) is 2.03. The number of carbonyl (C=O) groups excluding carboxylic acids is 1. The van der Waals surface area contributed by atoms with E-state index in [1.165, 1.54) is 11.3 Å². The lowest BCUT2D eigenvalue weighted by molar-refractivity contribution is -0.120. The van der Waals surface area contributed by atoms with E-state index in [4.69, 9.17) is 9.47 Å². The van der Waals surface area contributed by atoms with Crippen LogP contribution in [0.2, 0.25) is 0 Å². The summed E-state index contributed by atoms with van der Waals surface area (Å²) in [7, 11) is 1.65. The quantitative estimate of drug-likeness (QED) is 0.716. The zero-order chi connectivity index (χ0) is 16.5. The molecule has 1 N–H and O–H groups in total. The summed E-state index contributed by atoms with van der Waals surface area (Å²) in [5, 5.41) is 3.77. The lowest BCUT2D eigenvalue weighted by atomic mass is 10.3. The first kappa shape index (κ1) is 17.4. The van der Waals surface area contributed by atoms with Gasteiger partial charge < -0.3 is 14.8 Å². The van der Waals surface area contributed by atoms with Crippen LogP contribution in [0, 0.1) is 6.92 Å². The molecule has 0 spiro atoms. The highest BCUT2D eigenvalue weighted by Gasteiger charge is 2.12. The topological polar surface area (TPSA) is 60.5 Å². The minimum absolute atomic E-state index is 0.0170. The molecular formula is C17H22N2O3S. The fourth-order valence-corrected chi connectivity index (χ4v) is 3.01. The molecule has 23 heavy (non-hydrogen) atoms. The lowest BCUT2D eigenvalue weighted by Gasteiger charge is -2.04. The lowest BCUT2D eigenvalue weighted by Crippen LogP contribution is -2.26. The molecule has 1 aromatic heterocycles. The summed E-state index contributed by atoms with van der Waals surface area (Å²) >= 11 is 1.53. The maximum Gasteiger partial charge on any atom is 0.225 e. The van der Waals surface area contributed by atoms with Gasteiger partial charge >= 0.3 is 0 Å². The molecule has 1 amide bonds. The third-order valence-corrected chi connectivity index (χ3v) is 4.34. The first-order valence-electron chi connectivity index (χ1n) is 7.57. The van der Waals surface area contributed by atoms with Crippen LogP contribution in [0.25, 0.3) is 0 Å². The number of hydrogen-bond donors (Lipinski definition) is 1. The third kappa shape index (κ3) is 6.00. The van der Waals surface area contributed by atoms with Gasteiger partial charge in [-0.25, -0.2) is 4.98 Å². The zero-order valence-corrected chi connectivity index (χ0v) is 14.3. The number of aromatic nitrogens is 1. The average molecular weight is 334 g/mol. The van der Waals surface area contributed by atoms with E-state index in [9.17, 15) is 4.79 Å². The first-order chi connectivity index (χ1) is 11.2. The van der Waals surface area contributed by atoms with Gasteiger partial charge in [0.05, 0.1) is 12.1 Å². The van der Waals surface area contributed by atoms with Crippen molar-refractivity contribution >= 4 is 17.2 Å². The van der Waals surface area contributed by atoms with Crippen molar-refractivity contribution in [2.24, 2.45) is 0 Å². The van der Waals surface area contributed by atoms with Crippen molar-refractivity contribution in [2.75, 3.05) is 20.3 Å². The monoisotopic (exact) mass is 334 g/mol. The highest BCUT2D eigenvalue weighted by Crippen LogP contribution is 2.20. The highest BCUT2D eigenvalue weighted by atomic mass is 32.1. The van der Waals surface area contributed by atoms with Crippen LogP contribution in [0.1, 0.15) is 22.0 Å². The van der Waals surface area contributed by atoms with E-state index in [-0.39, 0.29) is 5.91 Å². The molecule has 0 aliphatic rings. The minimum atomic E-state index is 0.0170. The Hall–Kier alpha value is -1.92. The van der Waals surface area contributed by atoms with Crippen LogP contribution in [0.4, 0.5) is 0 Å². The Morgan fingerprint density at radius 3 is 2.83 bits per heavy atom. The molecule has 6 heteroatoms. The van der Waals surface area contributed by atoms with Crippen molar-refractivity contribution in [3.05, 3.63) is 45.9 Å². The van der Waals surface area contributed by atoms with Crippen molar-refractivity contribution in [3.63, 3.8) is 0 Å². The fraction of sp³-hybridized carbons (Fsp3) is 0.412. The molecule has 0 aliphatic heterocycles. The average Bonchev–Trinajstić information content (AvgIpc) is 2.90. The number of nitrogens with one attached hydrogen (secondary N) is 1. The van der Waals surface area contributed by atoms with Crippen LogP contribution < -0.4 is 10.1 Å². The Labute approximate surface area is 140 Å². The number of ether oxygens (including phenoxy) is 2. The second-order valence-corrected chi connectivity index (χ2v) is 6.26. The number of carbonyl (C=O) groups is 1. The van der Waals surface area contributed by atoms with E-state index in [1.807, 2.05) is 37.3 Å². The van der Waals surface area contributed by atoms with Gasteiger partial charge in [-0.05, 0) is 25.5 Å². The van der Waals surface area contributed by atoms with Crippen molar-refractivity contribution in [2.45, 2.75) is 26.4 Å². The number of aryl methyl sites for hydroxylation is 1. The molecule has 0 saturated heterocycles. The minimum Gasteiger partial charge on any atom is -0.486 e. The summed E-state index contributed by atoms with van der Waals surface area (Å²) in [6, 6.07) is 9.64. The van der Waals surface area contributed by atoms with Gasteiger partial charge in [-0.3, -0.25) is 4.79 Å². The Balaban J connectivity index is 1.82. The SMILES string of the molecule is COCCCNC(=O)Cc1sc(COc2ccccc2)nc1C. The summed E-state index contributed by atoms with van der Waals surface area (Å²) in [4.78, 5) is 17.4. The molecule has 1 aromatic carbocycles. The molecule has 124 valence electrons. The summed E-state index contributed by atoms with van der Waals surface area (Å²) in [6.07, 6.45) is 1.18. The van der Waals surface area contributed by atoms with Crippen molar-refractivity contribution in [1.82, 2.24) is 10.3 Å². The van der Waals surface area contributed by atoms with Crippen molar-refractivity contribution in [3.8, 4) is 5.75 Å². The van der Waals surface area contributed by atoms with Crippen LogP contribution in [0.3, 0.4) is 0 Å². The van der Waals surface area contributed by atoms with E-state index in [2.05, 4.69) is 10.3 Å². The van der Waals surface area contributed by atoms with Gasteiger partial charge in [0.15, 0.2) is 0 Å². The molecule has 0 radical (unpaired) electrons.